The highest BCUT2D eigenvalue weighted by atomic mass is 35.5. The summed E-state index contributed by atoms with van der Waals surface area (Å²) in [5.74, 6) is -3.14. The summed E-state index contributed by atoms with van der Waals surface area (Å²) < 4.78 is 31.7. The second-order valence-electron chi connectivity index (χ2n) is 6.66. The second kappa shape index (κ2) is 6.93. The molecule has 0 radical (unpaired) electrons. The number of halogens is 3. The maximum absolute atomic E-state index is 13.3. The van der Waals surface area contributed by atoms with Crippen molar-refractivity contribution in [1.82, 2.24) is 4.90 Å². The lowest BCUT2D eigenvalue weighted by molar-refractivity contribution is -0.119. The minimum atomic E-state index is -1.16. The summed E-state index contributed by atoms with van der Waals surface area (Å²) in [4.78, 5) is 25.7. The van der Waals surface area contributed by atoms with Gasteiger partial charge in [0.2, 0.25) is 5.91 Å². The zero-order valence-electron chi connectivity index (χ0n) is 13.7. The van der Waals surface area contributed by atoms with Gasteiger partial charge >= 0.3 is 6.09 Å². The predicted molar refractivity (Wildman–Crippen MR) is 85.9 cm³/mol. The van der Waals surface area contributed by atoms with Crippen molar-refractivity contribution in [3.63, 3.8) is 0 Å². The SMILES string of the molecule is CC(C)(C)OC(=O)N1CCC(C(=O)Nc2cc(F)c(F)c(Cl)c2)C1. The van der Waals surface area contributed by atoms with E-state index in [2.05, 4.69) is 5.32 Å². The Balaban J connectivity index is 1.96. The number of nitrogens with zero attached hydrogens (tertiary/aromatic N) is 1. The number of likely N-dealkylation sites (tertiary alicyclic amines) is 1. The molecule has 8 heteroatoms. The van der Waals surface area contributed by atoms with Gasteiger partial charge in [-0.05, 0) is 33.3 Å². The fourth-order valence-electron chi connectivity index (χ4n) is 2.34. The topological polar surface area (TPSA) is 58.6 Å². The van der Waals surface area contributed by atoms with Crippen molar-refractivity contribution in [2.24, 2.45) is 5.92 Å². The molecule has 1 unspecified atom stereocenters. The van der Waals surface area contributed by atoms with Gasteiger partial charge in [0.15, 0.2) is 11.6 Å². The van der Waals surface area contributed by atoms with Crippen molar-refractivity contribution < 1.29 is 23.1 Å². The highest BCUT2D eigenvalue weighted by Gasteiger charge is 2.33. The summed E-state index contributed by atoms with van der Waals surface area (Å²) in [5.41, 5.74) is -0.542. The summed E-state index contributed by atoms with van der Waals surface area (Å²) in [6.45, 7) is 5.89. The minimum absolute atomic E-state index is 0.0691. The smallest absolute Gasteiger partial charge is 0.410 e. The zero-order valence-corrected chi connectivity index (χ0v) is 14.4. The fourth-order valence-corrected chi connectivity index (χ4v) is 2.55. The average molecular weight is 361 g/mol. The van der Waals surface area contributed by atoms with Crippen LogP contribution in [0.3, 0.4) is 0 Å². The number of hydrogen-bond acceptors (Lipinski definition) is 3. The number of carbonyl (C=O) groups is 2. The van der Waals surface area contributed by atoms with E-state index in [0.29, 0.717) is 13.0 Å². The Hall–Kier alpha value is -1.89. The van der Waals surface area contributed by atoms with Crippen LogP contribution in [0.2, 0.25) is 5.02 Å². The fraction of sp³-hybridized carbons (Fsp3) is 0.500. The van der Waals surface area contributed by atoms with Crippen LogP contribution in [0.4, 0.5) is 19.3 Å². The summed E-state index contributed by atoms with van der Waals surface area (Å²) in [6, 6.07) is 2.00. The average Bonchev–Trinajstić information content (AvgIpc) is 2.92. The number of amides is 2. The lowest BCUT2D eigenvalue weighted by Gasteiger charge is -2.24. The molecule has 1 saturated heterocycles. The van der Waals surface area contributed by atoms with Gasteiger partial charge in [-0.2, -0.15) is 0 Å². The zero-order chi connectivity index (χ0) is 18.1. The lowest BCUT2D eigenvalue weighted by atomic mass is 10.1. The molecular weight excluding hydrogens is 342 g/mol. The van der Waals surface area contributed by atoms with E-state index >= 15 is 0 Å². The Kier molecular flexibility index (Phi) is 5.32. The molecule has 1 aliphatic heterocycles. The van der Waals surface area contributed by atoms with E-state index in [1.54, 1.807) is 20.8 Å². The normalized spacial score (nSPS) is 17.8. The standard InChI is InChI=1S/C16H19ClF2N2O3/c1-16(2,3)24-15(23)21-5-4-9(8-21)14(22)20-10-6-11(17)13(19)12(18)7-10/h6-7,9H,4-5,8H2,1-3H3,(H,20,22). The predicted octanol–water partition coefficient (Wildman–Crippen LogP) is 3.81. The molecule has 1 aromatic rings. The van der Waals surface area contributed by atoms with E-state index in [4.69, 9.17) is 16.3 Å². The van der Waals surface area contributed by atoms with Gasteiger partial charge in [-0.3, -0.25) is 4.79 Å². The van der Waals surface area contributed by atoms with Crippen molar-refractivity contribution in [3.8, 4) is 0 Å². The van der Waals surface area contributed by atoms with Crippen LogP contribution in [0, 0.1) is 17.6 Å². The van der Waals surface area contributed by atoms with Gasteiger partial charge in [0.05, 0.1) is 10.9 Å². The highest BCUT2D eigenvalue weighted by molar-refractivity contribution is 6.31. The van der Waals surface area contributed by atoms with E-state index in [1.807, 2.05) is 0 Å². The van der Waals surface area contributed by atoms with Crippen molar-refractivity contribution in [2.75, 3.05) is 18.4 Å². The van der Waals surface area contributed by atoms with Gasteiger partial charge < -0.3 is 15.0 Å². The molecule has 0 saturated carbocycles. The quantitative estimate of drug-likeness (QED) is 0.816. The summed E-state index contributed by atoms with van der Waals surface area (Å²) in [5, 5.41) is 2.08. The number of anilines is 1. The van der Waals surface area contributed by atoms with Crippen molar-refractivity contribution in [1.29, 1.82) is 0 Å². The largest absolute Gasteiger partial charge is 0.444 e. The third kappa shape index (κ3) is 4.56. The second-order valence-corrected chi connectivity index (χ2v) is 7.06. The molecule has 1 aliphatic rings. The van der Waals surface area contributed by atoms with Gasteiger partial charge in [0.25, 0.3) is 0 Å². The number of hydrogen-bond donors (Lipinski definition) is 1. The van der Waals surface area contributed by atoms with Gasteiger partial charge in [0.1, 0.15) is 5.60 Å². The van der Waals surface area contributed by atoms with Crippen molar-refractivity contribution in [3.05, 3.63) is 28.8 Å². The third-order valence-electron chi connectivity index (χ3n) is 3.46. The van der Waals surface area contributed by atoms with Gasteiger partial charge in [-0.25, -0.2) is 13.6 Å². The molecule has 1 atom stereocenters. The molecule has 5 nitrogen and oxygen atoms in total. The number of rotatable bonds is 2. The Morgan fingerprint density at radius 2 is 2.00 bits per heavy atom. The Morgan fingerprint density at radius 1 is 1.33 bits per heavy atom. The number of nitrogens with one attached hydrogen (secondary N) is 1. The molecule has 1 aromatic carbocycles. The van der Waals surface area contributed by atoms with E-state index in [1.165, 1.54) is 4.90 Å². The molecule has 132 valence electrons. The highest BCUT2D eigenvalue weighted by Crippen LogP contribution is 2.25. The summed E-state index contributed by atoms with van der Waals surface area (Å²) in [6.07, 6.45) is -0.0173. The third-order valence-corrected chi connectivity index (χ3v) is 3.74. The van der Waals surface area contributed by atoms with Crippen LogP contribution in [0.25, 0.3) is 0 Å². The maximum atomic E-state index is 13.3. The Bertz CT molecular complexity index is 638. The van der Waals surface area contributed by atoms with Crippen LogP contribution in [0.5, 0.6) is 0 Å². The summed E-state index contributed by atoms with van der Waals surface area (Å²) in [7, 11) is 0. The molecule has 0 spiro atoms. The molecule has 0 aliphatic carbocycles. The van der Waals surface area contributed by atoms with Crippen LogP contribution in [-0.4, -0.2) is 35.6 Å². The molecule has 1 N–H and O–H groups in total. The molecule has 1 fully saturated rings. The minimum Gasteiger partial charge on any atom is -0.444 e. The molecule has 1 heterocycles. The van der Waals surface area contributed by atoms with Crippen LogP contribution >= 0.6 is 11.6 Å². The molecular formula is C16H19ClF2N2O3. The Morgan fingerprint density at radius 3 is 2.58 bits per heavy atom. The number of ether oxygens (including phenoxy) is 1. The van der Waals surface area contributed by atoms with E-state index < -0.39 is 34.3 Å². The van der Waals surface area contributed by atoms with Crippen molar-refractivity contribution in [2.45, 2.75) is 32.8 Å². The van der Waals surface area contributed by atoms with E-state index in [0.717, 1.165) is 12.1 Å². The van der Waals surface area contributed by atoms with E-state index in [9.17, 15) is 18.4 Å². The first-order valence-corrected chi connectivity index (χ1v) is 7.88. The number of carbonyl (C=O) groups excluding carboxylic acids is 2. The maximum Gasteiger partial charge on any atom is 0.410 e. The van der Waals surface area contributed by atoms with Gasteiger partial charge in [-0.15, -0.1) is 0 Å². The van der Waals surface area contributed by atoms with Crippen LogP contribution < -0.4 is 5.32 Å². The van der Waals surface area contributed by atoms with Crippen LogP contribution in [0.1, 0.15) is 27.2 Å². The van der Waals surface area contributed by atoms with E-state index in [-0.39, 0.29) is 18.1 Å². The molecule has 0 aromatic heterocycles. The van der Waals surface area contributed by atoms with Crippen LogP contribution in [0.15, 0.2) is 12.1 Å². The van der Waals surface area contributed by atoms with Gasteiger partial charge in [-0.1, -0.05) is 11.6 Å². The monoisotopic (exact) mass is 360 g/mol. The molecule has 24 heavy (non-hydrogen) atoms. The first-order valence-electron chi connectivity index (χ1n) is 7.50. The molecule has 2 rings (SSSR count). The summed E-state index contributed by atoms with van der Waals surface area (Å²) >= 11 is 5.55. The molecule has 2 amide bonds. The number of benzene rings is 1. The van der Waals surface area contributed by atoms with Gasteiger partial charge in [0, 0.05) is 24.8 Å². The first-order chi connectivity index (χ1) is 11.1. The lowest BCUT2D eigenvalue weighted by Crippen LogP contribution is -2.36. The van der Waals surface area contributed by atoms with Crippen molar-refractivity contribution >= 4 is 29.3 Å². The first kappa shape index (κ1) is 18.4. The molecule has 0 bridgehead atoms. The Labute approximate surface area is 143 Å². The van der Waals surface area contributed by atoms with Crippen LogP contribution in [-0.2, 0) is 9.53 Å².